The molecule has 2 heterocycles. The van der Waals surface area contributed by atoms with Crippen molar-refractivity contribution in [1.29, 1.82) is 0 Å². The van der Waals surface area contributed by atoms with Crippen LogP contribution in [-0.4, -0.2) is 26.3 Å². The highest BCUT2D eigenvalue weighted by atomic mass is 35.5. The van der Waals surface area contributed by atoms with Crippen LogP contribution >= 0.6 is 23.4 Å². The molecular weight excluding hydrogens is 416 g/mol. The van der Waals surface area contributed by atoms with E-state index in [4.69, 9.17) is 11.6 Å². The Hall–Kier alpha value is -2.83. The number of nitrogens with one attached hydrogen (secondary N) is 1. The van der Waals surface area contributed by atoms with E-state index in [1.807, 2.05) is 44.2 Å². The minimum atomic E-state index is -0.0590. The van der Waals surface area contributed by atoms with Gasteiger partial charge in [-0.05, 0) is 50.1 Å². The number of fused-ring (bicyclic) bond motifs is 1. The van der Waals surface area contributed by atoms with Crippen molar-refractivity contribution < 1.29 is 4.79 Å². The molecule has 0 spiro atoms. The minimum absolute atomic E-state index is 0.0590. The smallest absolute Gasteiger partial charge is 0.234 e. The summed E-state index contributed by atoms with van der Waals surface area (Å²) in [5.41, 5.74) is 6.86. The number of carbonyl (C=O) groups is 1. The van der Waals surface area contributed by atoms with Gasteiger partial charge in [0.2, 0.25) is 5.91 Å². The highest BCUT2D eigenvalue weighted by Crippen LogP contribution is 2.27. The van der Waals surface area contributed by atoms with Crippen LogP contribution in [0.5, 0.6) is 0 Å². The molecule has 1 amide bonds. The second-order valence-electron chi connectivity index (χ2n) is 7.21. The van der Waals surface area contributed by atoms with Crippen molar-refractivity contribution in [3.8, 4) is 11.3 Å². The maximum Gasteiger partial charge on any atom is 0.234 e. The predicted molar refractivity (Wildman–Crippen MR) is 123 cm³/mol. The largest absolute Gasteiger partial charge is 0.325 e. The Balaban J connectivity index is 1.51. The summed E-state index contributed by atoms with van der Waals surface area (Å²) in [5.74, 6) is 0.206. The van der Waals surface area contributed by atoms with E-state index >= 15 is 0 Å². The third-order valence-electron chi connectivity index (χ3n) is 4.78. The number of hydrogen-bond acceptors (Lipinski definition) is 4. The van der Waals surface area contributed by atoms with E-state index in [0.717, 1.165) is 38.6 Å². The fourth-order valence-corrected chi connectivity index (χ4v) is 4.36. The molecule has 0 saturated heterocycles. The number of thioether (sulfide) groups is 1. The van der Waals surface area contributed by atoms with Crippen LogP contribution in [0.15, 0.2) is 59.9 Å². The Bertz CT molecular complexity index is 1210. The second-order valence-corrected chi connectivity index (χ2v) is 8.61. The molecular formula is C23H21ClN4OS. The molecule has 2 aromatic carbocycles. The standard InChI is InChI=1S/C23H21ClN4OS/c1-14-10-15(2)22(16(3)11-14)26-21(29)13-30-23-20-12-19(27-28(20)9-8-25-23)17-4-6-18(24)7-5-17/h4-12H,13H2,1-3H3,(H,26,29). The number of rotatable bonds is 5. The Morgan fingerprint density at radius 2 is 1.80 bits per heavy atom. The molecule has 0 bridgehead atoms. The Labute approximate surface area is 184 Å². The first-order valence-corrected chi connectivity index (χ1v) is 10.9. The summed E-state index contributed by atoms with van der Waals surface area (Å²) < 4.78 is 1.78. The van der Waals surface area contributed by atoms with E-state index in [2.05, 4.69) is 34.5 Å². The molecule has 0 radical (unpaired) electrons. The van der Waals surface area contributed by atoms with E-state index in [1.54, 1.807) is 16.9 Å². The van der Waals surface area contributed by atoms with Gasteiger partial charge >= 0.3 is 0 Å². The molecule has 5 nitrogen and oxygen atoms in total. The van der Waals surface area contributed by atoms with Crippen LogP contribution in [0.4, 0.5) is 5.69 Å². The van der Waals surface area contributed by atoms with E-state index < -0.39 is 0 Å². The van der Waals surface area contributed by atoms with Crippen molar-refractivity contribution in [2.75, 3.05) is 11.1 Å². The maximum atomic E-state index is 12.6. The maximum absolute atomic E-state index is 12.6. The molecule has 1 N–H and O–H groups in total. The van der Waals surface area contributed by atoms with Gasteiger partial charge in [-0.15, -0.1) is 0 Å². The van der Waals surface area contributed by atoms with Crippen LogP contribution in [0, 0.1) is 20.8 Å². The van der Waals surface area contributed by atoms with E-state index in [9.17, 15) is 4.79 Å². The SMILES string of the molecule is Cc1cc(C)c(NC(=O)CSc2nccn3nc(-c4ccc(Cl)cc4)cc23)c(C)c1. The van der Waals surface area contributed by atoms with Gasteiger partial charge in [-0.2, -0.15) is 5.10 Å². The van der Waals surface area contributed by atoms with Gasteiger partial charge in [0.1, 0.15) is 5.03 Å². The lowest BCUT2D eigenvalue weighted by Gasteiger charge is -2.12. The van der Waals surface area contributed by atoms with Crippen molar-refractivity contribution in [2.24, 2.45) is 0 Å². The van der Waals surface area contributed by atoms with Crippen LogP contribution in [0.3, 0.4) is 0 Å². The van der Waals surface area contributed by atoms with Gasteiger partial charge in [0.05, 0.1) is 17.0 Å². The van der Waals surface area contributed by atoms with Gasteiger partial charge in [-0.25, -0.2) is 9.50 Å². The molecule has 0 fully saturated rings. The topological polar surface area (TPSA) is 59.3 Å². The molecule has 4 aromatic rings. The first kappa shape index (κ1) is 20.4. The van der Waals surface area contributed by atoms with Crippen LogP contribution < -0.4 is 5.32 Å². The molecule has 0 atom stereocenters. The number of anilines is 1. The lowest BCUT2D eigenvalue weighted by molar-refractivity contribution is -0.113. The second kappa shape index (κ2) is 8.50. The number of benzene rings is 2. The molecule has 0 unspecified atom stereocenters. The third kappa shape index (κ3) is 4.35. The monoisotopic (exact) mass is 436 g/mol. The lowest BCUT2D eigenvalue weighted by Crippen LogP contribution is -2.16. The fourth-order valence-electron chi connectivity index (χ4n) is 3.46. The molecule has 0 aliphatic rings. The molecule has 0 aliphatic heterocycles. The number of nitrogens with zero attached hydrogens (tertiary/aromatic N) is 3. The average Bonchev–Trinajstić information content (AvgIpc) is 3.14. The summed E-state index contributed by atoms with van der Waals surface area (Å²) in [5, 5.41) is 9.10. The van der Waals surface area contributed by atoms with Gasteiger partial charge in [-0.3, -0.25) is 4.79 Å². The fraction of sp³-hybridized carbons (Fsp3) is 0.174. The van der Waals surface area contributed by atoms with Crippen LogP contribution in [0.25, 0.3) is 16.8 Å². The quantitative estimate of drug-likeness (QED) is 0.407. The molecule has 4 rings (SSSR count). The molecule has 152 valence electrons. The minimum Gasteiger partial charge on any atom is -0.325 e. The molecule has 0 saturated carbocycles. The summed E-state index contributed by atoms with van der Waals surface area (Å²) >= 11 is 7.38. The van der Waals surface area contributed by atoms with Crippen molar-refractivity contribution in [1.82, 2.24) is 14.6 Å². The van der Waals surface area contributed by atoms with Crippen molar-refractivity contribution in [2.45, 2.75) is 25.8 Å². The van der Waals surface area contributed by atoms with Gasteiger partial charge < -0.3 is 5.32 Å². The van der Waals surface area contributed by atoms with Crippen LogP contribution in [-0.2, 0) is 4.79 Å². The first-order valence-electron chi connectivity index (χ1n) is 9.51. The molecule has 30 heavy (non-hydrogen) atoms. The molecule has 2 aromatic heterocycles. The Kier molecular flexibility index (Phi) is 5.79. The van der Waals surface area contributed by atoms with E-state index in [-0.39, 0.29) is 11.7 Å². The predicted octanol–water partition coefficient (Wildman–Crippen LogP) is 5.71. The zero-order chi connectivity index (χ0) is 21.3. The summed E-state index contributed by atoms with van der Waals surface area (Å²) in [6.45, 7) is 6.07. The zero-order valence-electron chi connectivity index (χ0n) is 16.9. The van der Waals surface area contributed by atoms with Crippen molar-refractivity contribution in [3.05, 3.63) is 76.6 Å². The lowest BCUT2D eigenvalue weighted by atomic mass is 10.1. The molecule has 0 aliphatic carbocycles. The first-order chi connectivity index (χ1) is 14.4. The van der Waals surface area contributed by atoms with Crippen LogP contribution in [0.2, 0.25) is 5.02 Å². The van der Waals surface area contributed by atoms with Gasteiger partial charge in [0, 0.05) is 28.7 Å². The van der Waals surface area contributed by atoms with E-state index in [1.165, 1.54) is 17.3 Å². The number of carbonyl (C=O) groups excluding carboxylic acids is 1. The van der Waals surface area contributed by atoms with Crippen LogP contribution in [0.1, 0.15) is 16.7 Å². The summed E-state index contributed by atoms with van der Waals surface area (Å²) in [7, 11) is 0. The normalized spacial score (nSPS) is 11.1. The summed E-state index contributed by atoms with van der Waals surface area (Å²) in [6.07, 6.45) is 3.50. The number of amides is 1. The zero-order valence-corrected chi connectivity index (χ0v) is 18.5. The number of hydrogen-bond donors (Lipinski definition) is 1. The third-order valence-corrected chi connectivity index (χ3v) is 6.02. The van der Waals surface area contributed by atoms with Crippen molar-refractivity contribution >= 4 is 40.5 Å². The summed E-state index contributed by atoms with van der Waals surface area (Å²) in [6, 6.07) is 13.7. The molecule has 7 heteroatoms. The average molecular weight is 437 g/mol. The Morgan fingerprint density at radius 3 is 2.50 bits per heavy atom. The summed E-state index contributed by atoms with van der Waals surface area (Å²) in [4.78, 5) is 17.0. The van der Waals surface area contributed by atoms with Gasteiger partial charge in [0.15, 0.2) is 0 Å². The van der Waals surface area contributed by atoms with Gasteiger partial charge in [0.25, 0.3) is 0 Å². The number of halogens is 1. The number of aromatic nitrogens is 3. The van der Waals surface area contributed by atoms with Crippen molar-refractivity contribution in [3.63, 3.8) is 0 Å². The van der Waals surface area contributed by atoms with Gasteiger partial charge in [-0.1, -0.05) is 53.2 Å². The number of aryl methyl sites for hydroxylation is 3. The highest BCUT2D eigenvalue weighted by molar-refractivity contribution is 8.00. The van der Waals surface area contributed by atoms with E-state index in [0.29, 0.717) is 5.02 Å². The highest BCUT2D eigenvalue weighted by Gasteiger charge is 2.13. The Morgan fingerprint density at radius 1 is 1.10 bits per heavy atom.